The van der Waals surface area contributed by atoms with E-state index in [0.717, 1.165) is 7.05 Å². The number of hydrogen-bond donors (Lipinski definition) is 0. The third kappa shape index (κ3) is 3.36. The normalized spacial score (nSPS) is 11.5. The highest BCUT2D eigenvalue weighted by Gasteiger charge is 2.39. The summed E-state index contributed by atoms with van der Waals surface area (Å²) in [6, 6.07) is 8.23. The molecule has 112 valence electrons. The van der Waals surface area contributed by atoms with Crippen molar-refractivity contribution >= 4 is 17.4 Å². The van der Waals surface area contributed by atoms with Crippen LogP contribution >= 0.6 is 11.6 Å². The van der Waals surface area contributed by atoms with Crippen LogP contribution in [0.5, 0.6) is 5.88 Å². The van der Waals surface area contributed by atoms with Gasteiger partial charge < -0.3 is 4.74 Å². The van der Waals surface area contributed by atoms with Crippen molar-refractivity contribution in [2.45, 2.75) is 6.18 Å². The zero-order valence-corrected chi connectivity index (χ0v) is 11.6. The van der Waals surface area contributed by atoms with E-state index in [-0.39, 0.29) is 5.78 Å². The monoisotopic (exact) mass is 318 g/mol. The summed E-state index contributed by atoms with van der Waals surface area (Å²) >= 11 is 5.60. The lowest BCUT2D eigenvalue weighted by atomic mass is 10.1. The smallest absolute Gasteiger partial charge is 0.434 e. The molecule has 0 spiro atoms. The molecule has 0 aliphatic heterocycles. The van der Waals surface area contributed by atoms with E-state index in [1.54, 1.807) is 30.3 Å². The predicted molar refractivity (Wildman–Crippen MR) is 69.5 cm³/mol. The molecule has 0 saturated carbocycles. The molecule has 1 heterocycles. The highest BCUT2D eigenvalue weighted by Crippen LogP contribution is 2.38. The first-order valence-corrected chi connectivity index (χ1v) is 6.19. The van der Waals surface area contributed by atoms with Gasteiger partial charge in [0.2, 0.25) is 0 Å². The lowest BCUT2D eigenvalue weighted by Crippen LogP contribution is -2.12. The van der Waals surface area contributed by atoms with Gasteiger partial charge in [-0.15, -0.1) is 5.10 Å². The van der Waals surface area contributed by atoms with Crippen LogP contribution in [0.25, 0.3) is 0 Å². The van der Waals surface area contributed by atoms with Crippen molar-refractivity contribution in [3.8, 4) is 5.88 Å². The first kappa shape index (κ1) is 15.4. The van der Waals surface area contributed by atoms with Crippen LogP contribution < -0.4 is 4.74 Å². The molecule has 21 heavy (non-hydrogen) atoms. The second-order valence-electron chi connectivity index (χ2n) is 4.17. The van der Waals surface area contributed by atoms with Gasteiger partial charge in [0.1, 0.15) is 5.02 Å². The molecular formula is C13H10ClF3N2O2. The maximum Gasteiger partial charge on any atom is 0.434 e. The molecule has 0 atom stereocenters. The standard InChI is InChI=1S/C13H10ClF3N2O2/c1-19-11(13(15,16)17)10(14)12(18-19)21-7-9(20)8-5-3-2-4-6-8/h2-6H,7H2,1H3. The highest BCUT2D eigenvalue weighted by molar-refractivity contribution is 6.32. The Hall–Kier alpha value is -2.02. The SMILES string of the molecule is Cn1nc(OCC(=O)c2ccccc2)c(Cl)c1C(F)(F)F. The minimum Gasteiger partial charge on any atom is -0.467 e. The quantitative estimate of drug-likeness (QED) is 0.812. The number of halogens is 4. The molecule has 0 N–H and O–H groups in total. The molecule has 0 aliphatic rings. The van der Waals surface area contributed by atoms with Crippen molar-refractivity contribution in [1.82, 2.24) is 9.78 Å². The fourth-order valence-electron chi connectivity index (χ4n) is 1.71. The zero-order valence-electron chi connectivity index (χ0n) is 10.8. The summed E-state index contributed by atoms with van der Waals surface area (Å²) in [4.78, 5) is 11.8. The summed E-state index contributed by atoms with van der Waals surface area (Å²) in [6.45, 7) is -0.446. The average Bonchev–Trinajstić information content (AvgIpc) is 2.71. The van der Waals surface area contributed by atoms with E-state index in [2.05, 4.69) is 5.10 Å². The lowest BCUT2D eigenvalue weighted by molar-refractivity contribution is -0.143. The van der Waals surface area contributed by atoms with Crippen molar-refractivity contribution in [2.24, 2.45) is 7.05 Å². The largest absolute Gasteiger partial charge is 0.467 e. The maximum atomic E-state index is 12.7. The number of benzene rings is 1. The van der Waals surface area contributed by atoms with Gasteiger partial charge >= 0.3 is 6.18 Å². The number of Topliss-reactive ketones (excluding diaryl/α,β-unsaturated/α-hetero) is 1. The third-order valence-electron chi connectivity index (χ3n) is 2.66. The molecule has 0 bridgehead atoms. The van der Waals surface area contributed by atoms with Gasteiger partial charge in [-0.3, -0.25) is 9.48 Å². The topological polar surface area (TPSA) is 44.1 Å². The minimum absolute atomic E-state index is 0.383. The third-order valence-corrected chi connectivity index (χ3v) is 3.01. The molecule has 1 aromatic heterocycles. The Morgan fingerprint density at radius 3 is 2.48 bits per heavy atom. The predicted octanol–water partition coefficient (Wildman–Crippen LogP) is 3.35. The van der Waals surface area contributed by atoms with Crippen molar-refractivity contribution < 1.29 is 22.7 Å². The van der Waals surface area contributed by atoms with Gasteiger partial charge in [-0.05, 0) is 0 Å². The van der Waals surface area contributed by atoms with Crippen molar-refractivity contribution in [1.29, 1.82) is 0 Å². The van der Waals surface area contributed by atoms with Gasteiger partial charge in [0, 0.05) is 12.6 Å². The number of ketones is 1. The Bertz CT molecular complexity index is 653. The number of aryl methyl sites for hydroxylation is 1. The molecule has 0 radical (unpaired) electrons. The van der Waals surface area contributed by atoms with E-state index in [0.29, 0.717) is 10.2 Å². The van der Waals surface area contributed by atoms with E-state index in [1.165, 1.54) is 0 Å². The van der Waals surface area contributed by atoms with E-state index < -0.39 is 29.4 Å². The maximum absolute atomic E-state index is 12.7. The van der Waals surface area contributed by atoms with Crippen LogP contribution in [0.3, 0.4) is 0 Å². The number of alkyl halides is 3. The van der Waals surface area contributed by atoms with Crippen molar-refractivity contribution in [3.05, 3.63) is 46.6 Å². The number of carbonyl (C=O) groups excluding carboxylic acids is 1. The van der Waals surface area contributed by atoms with Gasteiger partial charge in [-0.1, -0.05) is 41.9 Å². The van der Waals surface area contributed by atoms with E-state index in [1.807, 2.05) is 0 Å². The second-order valence-corrected chi connectivity index (χ2v) is 4.54. The molecule has 0 aliphatic carbocycles. The highest BCUT2D eigenvalue weighted by atomic mass is 35.5. The van der Waals surface area contributed by atoms with Crippen LogP contribution in [0.4, 0.5) is 13.2 Å². The number of hydrogen-bond acceptors (Lipinski definition) is 3. The van der Waals surface area contributed by atoms with Crippen LogP contribution in [-0.2, 0) is 13.2 Å². The first-order valence-electron chi connectivity index (χ1n) is 5.81. The zero-order chi connectivity index (χ0) is 15.6. The molecule has 0 saturated heterocycles. The van der Waals surface area contributed by atoms with Crippen LogP contribution in [0.2, 0.25) is 5.02 Å². The molecular weight excluding hydrogens is 309 g/mol. The summed E-state index contributed by atoms with van der Waals surface area (Å²) in [5, 5.41) is 2.87. The van der Waals surface area contributed by atoms with E-state index in [4.69, 9.17) is 16.3 Å². The van der Waals surface area contributed by atoms with Crippen molar-refractivity contribution in [2.75, 3.05) is 6.61 Å². The molecule has 0 unspecified atom stereocenters. The number of carbonyl (C=O) groups is 1. The second kappa shape index (κ2) is 5.77. The Labute approximate surface area is 123 Å². The number of rotatable bonds is 4. The van der Waals surface area contributed by atoms with Crippen LogP contribution in [0.15, 0.2) is 30.3 Å². The van der Waals surface area contributed by atoms with Gasteiger partial charge in [0.25, 0.3) is 5.88 Å². The first-order chi connectivity index (χ1) is 9.80. The Balaban J connectivity index is 2.13. The van der Waals surface area contributed by atoms with Crippen LogP contribution in [-0.4, -0.2) is 22.2 Å². The summed E-state index contributed by atoms with van der Waals surface area (Å²) in [7, 11) is 1.10. The van der Waals surface area contributed by atoms with Gasteiger partial charge in [0.15, 0.2) is 18.1 Å². The minimum atomic E-state index is -4.65. The van der Waals surface area contributed by atoms with Gasteiger partial charge in [-0.25, -0.2) is 0 Å². The molecule has 4 nitrogen and oxygen atoms in total. The van der Waals surface area contributed by atoms with E-state index >= 15 is 0 Å². The Morgan fingerprint density at radius 2 is 1.95 bits per heavy atom. The van der Waals surface area contributed by atoms with Crippen LogP contribution in [0, 0.1) is 0 Å². The fraction of sp³-hybridized carbons (Fsp3) is 0.231. The molecule has 2 aromatic rings. The lowest BCUT2D eigenvalue weighted by Gasteiger charge is -2.06. The molecule has 0 amide bonds. The molecule has 1 aromatic carbocycles. The molecule has 0 fully saturated rings. The molecule has 8 heteroatoms. The Morgan fingerprint density at radius 1 is 1.33 bits per heavy atom. The summed E-state index contributed by atoms with van der Waals surface area (Å²) < 4.78 is 43.7. The van der Waals surface area contributed by atoms with E-state index in [9.17, 15) is 18.0 Å². The van der Waals surface area contributed by atoms with Crippen molar-refractivity contribution in [3.63, 3.8) is 0 Å². The average molecular weight is 319 g/mol. The number of nitrogens with zero attached hydrogens (tertiary/aromatic N) is 2. The Kier molecular flexibility index (Phi) is 4.22. The van der Waals surface area contributed by atoms with Gasteiger partial charge in [-0.2, -0.15) is 13.2 Å². The summed E-state index contributed by atoms with van der Waals surface area (Å²) in [6.07, 6.45) is -4.65. The summed E-state index contributed by atoms with van der Waals surface area (Å²) in [5.41, 5.74) is -0.730. The molecule has 2 rings (SSSR count). The fourth-order valence-corrected chi connectivity index (χ4v) is 2.04. The summed E-state index contributed by atoms with van der Waals surface area (Å²) in [5.74, 6) is -0.804. The number of ether oxygens (including phenoxy) is 1. The number of aromatic nitrogens is 2. The van der Waals surface area contributed by atoms with Crippen LogP contribution in [0.1, 0.15) is 16.1 Å². The van der Waals surface area contributed by atoms with Gasteiger partial charge in [0.05, 0.1) is 0 Å².